The van der Waals surface area contributed by atoms with Gasteiger partial charge in [0.1, 0.15) is 0 Å². The van der Waals surface area contributed by atoms with Crippen LogP contribution in [0.2, 0.25) is 0 Å². The molecule has 2 aromatic carbocycles. The molecule has 0 aromatic heterocycles. The molecule has 0 aliphatic carbocycles. The van der Waals surface area contributed by atoms with Gasteiger partial charge in [-0.2, -0.15) is 0 Å². The lowest BCUT2D eigenvalue weighted by atomic mass is 9.99. The molecule has 17 heavy (non-hydrogen) atoms. The normalized spacial score (nSPS) is 10.1. The van der Waals surface area contributed by atoms with Crippen molar-refractivity contribution in [1.82, 2.24) is 0 Å². The highest BCUT2D eigenvalue weighted by molar-refractivity contribution is 9.28. The second kappa shape index (κ2) is 5.65. The third-order valence-electron chi connectivity index (χ3n) is 2.59. The molecule has 86 valence electrons. The van der Waals surface area contributed by atoms with Crippen LogP contribution in [0, 0.1) is 6.92 Å². The number of hydrogen-bond donors (Lipinski definition) is 0. The zero-order chi connectivity index (χ0) is 12.3. The summed E-state index contributed by atoms with van der Waals surface area (Å²) in [5, 5.41) is 0. The molecule has 0 fully saturated rings. The molecule has 2 rings (SSSR count). The second-order valence-corrected chi connectivity index (χ2v) is 6.66. The van der Waals surface area contributed by atoms with Crippen molar-refractivity contribution in [3.63, 3.8) is 0 Å². The Morgan fingerprint density at radius 2 is 1.59 bits per heavy atom. The summed E-state index contributed by atoms with van der Waals surface area (Å²) in [5.41, 5.74) is 4.95. The highest BCUT2D eigenvalue weighted by Crippen LogP contribution is 2.28. The molecule has 0 amide bonds. The predicted molar refractivity (Wildman–Crippen MR) is 82.4 cm³/mol. The number of rotatable bonds is 2. The molecular weight excluding hydrogens is 340 g/mol. The van der Waals surface area contributed by atoms with Crippen LogP contribution in [0.4, 0.5) is 0 Å². The van der Waals surface area contributed by atoms with E-state index in [4.69, 9.17) is 0 Å². The first-order valence-corrected chi connectivity index (χ1v) is 6.94. The largest absolute Gasteiger partial charge is 0.0616 e. The minimum absolute atomic E-state index is 0.949. The summed E-state index contributed by atoms with van der Waals surface area (Å²) >= 11 is 6.81. The SMILES string of the molecule is Cc1ccc(-c2ccccc2C=C(Br)Br)cc1. The molecule has 0 atom stereocenters. The van der Waals surface area contributed by atoms with Crippen molar-refractivity contribution in [1.29, 1.82) is 0 Å². The first-order chi connectivity index (χ1) is 8.16. The van der Waals surface area contributed by atoms with E-state index in [-0.39, 0.29) is 0 Å². The van der Waals surface area contributed by atoms with Gasteiger partial charge in [0, 0.05) is 0 Å². The van der Waals surface area contributed by atoms with Gasteiger partial charge >= 0.3 is 0 Å². The van der Waals surface area contributed by atoms with E-state index in [0.717, 1.165) is 3.39 Å². The molecule has 0 radical (unpaired) electrons. The Morgan fingerprint density at radius 3 is 2.24 bits per heavy atom. The summed E-state index contributed by atoms with van der Waals surface area (Å²) in [7, 11) is 0. The summed E-state index contributed by atoms with van der Waals surface area (Å²) in [4.78, 5) is 0. The fourth-order valence-electron chi connectivity index (χ4n) is 1.74. The standard InChI is InChI=1S/C15H12Br2/c1-11-6-8-12(9-7-11)14-5-3-2-4-13(14)10-15(16)17/h2-10H,1H3. The molecule has 0 aliphatic rings. The van der Waals surface area contributed by atoms with Gasteiger partial charge in [0.25, 0.3) is 0 Å². The van der Waals surface area contributed by atoms with Gasteiger partial charge in [0.05, 0.1) is 3.39 Å². The number of aryl methyl sites for hydroxylation is 1. The second-order valence-electron chi connectivity index (χ2n) is 3.89. The Balaban J connectivity index is 2.52. The summed E-state index contributed by atoms with van der Waals surface area (Å²) < 4.78 is 0.949. The predicted octanol–water partition coefficient (Wildman–Crippen LogP) is 5.75. The van der Waals surface area contributed by atoms with Gasteiger partial charge in [0.15, 0.2) is 0 Å². The molecule has 0 aliphatic heterocycles. The first kappa shape index (κ1) is 12.6. The van der Waals surface area contributed by atoms with Crippen molar-refractivity contribution in [3.05, 3.63) is 63.0 Å². The van der Waals surface area contributed by atoms with E-state index in [1.807, 2.05) is 6.07 Å². The smallest absolute Gasteiger partial charge is 0.0610 e. The number of halogens is 2. The van der Waals surface area contributed by atoms with Gasteiger partial charge in [-0.15, -0.1) is 0 Å². The van der Waals surface area contributed by atoms with Crippen molar-refractivity contribution in [3.8, 4) is 11.1 Å². The van der Waals surface area contributed by atoms with Crippen LogP contribution in [-0.4, -0.2) is 0 Å². The molecule has 0 spiro atoms. The maximum Gasteiger partial charge on any atom is 0.0610 e. The van der Waals surface area contributed by atoms with E-state index in [0.29, 0.717) is 0 Å². The third-order valence-corrected chi connectivity index (χ3v) is 3.05. The highest BCUT2D eigenvalue weighted by atomic mass is 79.9. The Morgan fingerprint density at radius 1 is 0.941 bits per heavy atom. The van der Waals surface area contributed by atoms with Gasteiger partial charge in [-0.25, -0.2) is 0 Å². The molecular formula is C15H12Br2. The maximum absolute atomic E-state index is 3.41. The molecule has 0 saturated heterocycles. The average Bonchev–Trinajstić information content (AvgIpc) is 2.30. The topological polar surface area (TPSA) is 0 Å². The maximum atomic E-state index is 3.41. The van der Waals surface area contributed by atoms with Crippen LogP contribution in [-0.2, 0) is 0 Å². The Labute approximate surface area is 119 Å². The molecule has 0 heterocycles. The Kier molecular flexibility index (Phi) is 4.19. The molecule has 0 bridgehead atoms. The average molecular weight is 352 g/mol. The molecule has 0 N–H and O–H groups in total. The first-order valence-electron chi connectivity index (χ1n) is 5.35. The van der Waals surface area contributed by atoms with Crippen LogP contribution in [0.3, 0.4) is 0 Å². The van der Waals surface area contributed by atoms with Crippen LogP contribution < -0.4 is 0 Å². The quantitative estimate of drug-likeness (QED) is 0.646. The van der Waals surface area contributed by atoms with Crippen LogP contribution in [0.25, 0.3) is 17.2 Å². The van der Waals surface area contributed by atoms with E-state index >= 15 is 0 Å². The fraction of sp³-hybridized carbons (Fsp3) is 0.0667. The zero-order valence-electron chi connectivity index (χ0n) is 9.45. The molecule has 0 unspecified atom stereocenters. The lowest BCUT2D eigenvalue weighted by Gasteiger charge is -2.06. The summed E-state index contributed by atoms with van der Waals surface area (Å²) in [6.45, 7) is 2.10. The molecule has 2 heteroatoms. The van der Waals surface area contributed by atoms with E-state index in [9.17, 15) is 0 Å². The van der Waals surface area contributed by atoms with Crippen molar-refractivity contribution >= 4 is 37.9 Å². The monoisotopic (exact) mass is 350 g/mol. The molecule has 2 aromatic rings. The Bertz CT molecular complexity index is 535. The Hall–Kier alpha value is -0.860. The van der Waals surface area contributed by atoms with Crippen molar-refractivity contribution < 1.29 is 0 Å². The van der Waals surface area contributed by atoms with Crippen molar-refractivity contribution in [2.75, 3.05) is 0 Å². The lowest BCUT2D eigenvalue weighted by Crippen LogP contribution is -1.83. The minimum atomic E-state index is 0.949. The minimum Gasteiger partial charge on any atom is -0.0616 e. The lowest BCUT2D eigenvalue weighted by molar-refractivity contribution is 1.47. The fourth-order valence-corrected chi connectivity index (χ4v) is 2.23. The zero-order valence-corrected chi connectivity index (χ0v) is 12.6. The van der Waals surface area contributed by atoms with Gasteiger partial charge < -0.3 is 0 Å². The van der Waals surface area contributed by atoms with Crippen LogP contribution in [0.1, 0.15) is 11.1 Å². The van der Waals surface area contributed by atoms with Crippen LogP contribution in [0.5, 0.6) is 0 Å². The van der Waals surface area contributed by atoms with E-state index in [2.05, 4.69) is 87.3 Å². The van der Waals surface area contributed by atoms with Crippen LogP contribution in [0.15, 0.2) is 51.9 Å². The molecule has 0 nitrogen and oxygen atoms in total. The van der Waals surface area contributed by atoms with Crippen molar-refractivity contribution in [2.45, 2.75) is 6.92 Å². The van der Waals surface area contributed by atoms with Gasteiger partial charge in [-0.05, 0) is 61.5 Å². The number of benzene rings is 2. The van der Waals surface area contributed by atoms with Crippen molar-refractivity contribution in [2.24, 2.45) is 0 Å². The summed E-state index contributed by atoms with van der Waals surface area (Å²) in [5.74, 6) is 0. The summed E-state index contributed by atoms with van der Waals surface area (Å²) in [6.07, 6.45) is 2.06. The van der Waals surface area contributed by atoms with E-state index in [1.54, 1.807) is 0 Å². The van der Waals surface area contributed by atoms with E-state index < -0.39 is 0 Å². The highest BCUT2D eigenvalue weighted by Gasteiger charge is 2.02. The number of hydrogen-bond acceptors (Lipinski definition) is 0. The molecule has 0 saturated carbocycles. The van der Waals surface area contributed by atoms with Crippen LogP contribution >= 0.6 is 31.9 Å². The van der Waals surface area contributed by atoms with Gasteiger partial charge in [0.2, 0.25) is 0 Å². The van der Waals surface area contributed by atoms with Gasteiger partial charge in [-0.1, -0.05) is 54.1 Å². The van der Waals surface area contributed by atoms with E-state index in [1.165, 1.54) is 22.3 Å². The summed E-state index contributed by atoms with van der Waals surface area (Å²) in [6, 6.07) is 16.9. The van der Waals surface area contributed by atoms with Gasteiger partial charge in [-0.3, -0.25) is 0 Å². The third kappa shape index (κ3) is 3.30.